The van der Waals surface area contributed by atoms with Crippen LogP contribution in [-0.4, -0.2) is 25.5 Å². The molecule has 0 saturated heterocycles. The van der Waals surface area contributed by atoms with Gasteiger partial charge in [-0.25, -0.2) is 14.5 Å². The summed E-state index contributed by atoms with van der Waals surface area (Å²) in [6.07, 6.45) is 1.19. The first-order valence-electron chi connectivity index (χ1n) is 8.15. The summed E-state index contributed by atoms with van der Waals surface area (Å²) in [7, 11) is 0. The normalized spacial score (nSPS) is 15.5. The number of nitrogens with one attached hydrogen (secondary N) is 1. The molecule has 0 aliphatic heterocycles. The second-order valence-corrected chi connectivity index (χ2v) is 6.35. The van der Waals surface area contributed by atoms with Gasteiger partial charge in [0.25, 0.3) is 0 Å². The van der Waals surface area contributed by atoms with Gasteiger partial charge in [0.1, 0.15) is 12.0 Å². The van der Waals surface area contributed by atoms with E-state index in [9.17, 15) is 18.0 Å². The molecule has 9 heteroatoms. The Kier molecular flexibility index (Phi) is 3.76. The van der Waals surface area contributed by atoms with Crippen LogP contribution in [0.25, 0.3) is 16.9 Å². The molecule has 0 radical (unpaired) electrons. The topological polar surface area (TPSA) is 72.2 Å². The highest BCUT2D eigenvalue weighted by molar-refractivity contribution is 5.88. The molecule has 0 unspecified atom stereocenters. The van der Waals surface area contributed by atoms with Crippen molar-refractivity contribution in [1.29, 1.82) is 0 Å². The van der Waals surface area contributed by atoms with Crippen molar-refractivity contribution in [2.75, 3.05) is 0 Å². The maximum Gasteiger partial charge on any atom is 0.416 e. The maximum absolute atomic E-state index is 12.8. The standard InChI is InChI=1S/C18H14F3N5O/c1-2-14(27)25-17(7-8-17)13-9-26-16(22-10-23-26)15(24-13)11-3-5-12(6-4-11)18(19,20)21/h2-6,9-10H,1,7-8H2,(H,25,27). The van der Waals surface area contributed by atoms with Crippen molar-refractivity contribution in [3.05, 3.63) is 60.7 Å². The summed E-state index contributed by atoms with van der Waals surface area (Å²) in [5.74, 6) is -0.316. The van der Waals surface area contributed by atoms with Crippen LogP contribution in [0.4, 0.5) is 13.2 Å². The van der Waals surface area contributed by atoms with Crippen molar-refractivity contribution in [3.63, 3.8) is 0 Å². The molecule has 1 amide bonds. The van der Waals surface area contributed by atoms with Crippen LogP contribution in [0, 0.1) is 0 Å². The molecule has 27 heavy (non-hydrogen) atoms. The van der Waals surface area contributed by atoms with E-state index in [-0.39, 0.29) is 5.91 Å². The molecule has 1 fully saturated rings. The number of hydrogen-bond acceptors (Lipinski definition) is 4. The van der Waals surface area contributed by atoms with Gasteiger partial charge >= 0.3 is 6.18 Å². The fourth-order valence-corrected chi connectivity index (χ4v) is 2.93. The third-order valence-corrected chi connectivity index (χ3v) is 4.54. The molecule has 138 valence electrons. The van der Waals surface area contributed by atoms with Gasteiger partial charge in [0.2, 0.25) is 5.91 Å². The number of amides is 1. The molecule has 6 nitrogen and oxygen atoms in total. The smallest absolute Gasteiger partial charge is 0.341 e. The van der Waals surface area contributed by atoms with Crippen molar-refractivity contribution in [2.45, 2.75) is 24.6 Å². The summed E-state index contributed by atoms with van der Waals surface area (Å²) >= 11 is 0. The van der Waals surface area contributed by atoms with Gasteiger partial charge in [0.05, 0.1) is 23.0 Å². The number of halogens is 3. The minimum absolute atomic E-state index is 0.316. The highest BCUT2D eigenvalue weighted by atomic mass is 19.4. The molecule has 3 aromatic rings. The molecule has 4 rings (SSSR count). The van der Waals surface area contributed by atoms with Gasteiger partial charge in [-0.1, -0.05) is 18.7 Å². The highest BCUT2D eigenvalue weighted by Gasteiger charge is 2.47. The van der Waals surface area contributed by atoms with Gasteiger partial charge in [0, 0.05) is 5.56 Å². The van der Waals surface area contributed by atoms with Crippen LogP contribution < -0.4 is 5.32 Å². The highest BCUT2D eigenvalue weighted by Crippen LogP contribution is 2.45. The Morgan fingerprint density at radius 1 is 1.26 bits per heavy atom. The molecule has 0 spiro atoms. The van der Waals surface area contributed by atoms with E-state index in [0.717, 1.165) is 12.1 Å². The number of benzene rings is 1. The fourth-order valence-electron chi connectivity index (χ4n) is 2.93. The number of carbonyl (C=O) groups excluding carboxylic acids is 1. The molecule has 1 N–H and O–H groups in total. The Morgan fingerprint density at radius 2 is 1.96 bits per heavy atom. The number of aromatic nitrogens is 4. The second kappa shape index (κ2) is 5.90. The van der Waals surface area contributed by atoms with E-state index in [1.54, 1.807) is 6.20 Å². The van der Waals surface area contributed by atoms with Crippen LogP contribution in [0.5, 0.6) is 0 Å². The zero-order chi connectivity index (χ0) is 19.2. The predicted octanol–water partition coefficient (Wildman–Crippen LogP) is 3.10. The van der Waals surface area contributed by atoms with Crippen molar-refractivity contribution in [1.82, 2.24) is 24.9 Å². The molecule has 0 atom stereocenters. The van der Waals surface area contributed by atoms with E-state index >= 15 is 0 Å². The monoisotopic (exact) mass is 373 g/mol. The molecular formula is C18H14F3N5O. The lowest BCUT2D eigenvalue weighted by Crippen LogP contribution is -2.34. The summed E-state index contributed by atoms with van der Waals surface area (Å²) in [6.45, 7) is 3.45. The summed E-state index contributed by atoms with van der Waals surface area (Å²) in [4.78, 5) is 20.5. The molecule has 1 saturated carbocycles. The number of fused-ring (bicyclic) bond motifs is 1. The molecule has 0 bridgehead atoms. The summed E-state index contributed by atoms with van der Waals surface area (Å²) in [6, 6.07) is 4.71. The molecule has 1 aliphatic carbocycles. The van der Waals surface area contributed by atoms with Gasteiger partial charge in [-0.05, 0) is 31.1 Å². The fraction of sp³-hybridized carbons (Fsp3) is 0.222. The third-order valence-electron chi connectivity index (χ3n) is 4.54. The number of rotatable bonds is 4. The third kappa shape index (κ3) is 3.05. The summed E-state index contributed by atoms with van der Waals surface area (Å²) in [5.41, 5.74) is 0.518. The Balaban J connectivity index is 1.80. The largest absolute Gasteiger partial charge is 0.416 e. The average Bonchev–Trinajstić information content (AvgIpc) is 3.26. The van der Waals surface area contributed by atoms with Crippen molar-refractivity contribution in [3.8, 4) is 11.3 Å². The van der Waals surface area contributed by atoms with E-state index in [0.29, 0.717) is 35.4 Å². The summed E-state index contributed by atoms with van der Waals surface area (Å²) in [5, 5.41) is 6.98. The van der Waals surface area contributed by atoms with Crippen LogP contribution >= 0.6 is 0 Å². The maximum atomic E-state index is 12.8. The molecule has 1 aliphatic rings. The van der Waals surface area contributed by atoms with E-state index in [1.807, 2.05) is 0 Å². The first kappa shape index (κ1) is 17.2. The zero-order valence-electron chi connectivity index (χ0n) is 14.0. The number of hydrogen-bond donors (Lipinski definition) is 1. The van der Waals surface area contributed by atoms with Crippen LogP contribution in [0.1, 0.15) is 24.1 Å². The molecular weight excluding hydrogens is 359 g/mol. The molecule has 1 aromatic carbocycles. The first-order chi connectivity index (χ1) is 12.8. The molecule has 2 heterocycles. The van der Waals surface area contributed by atoms with Gasteiger partial charge in [-0.15, -0.1) is 0 Å². The summed E-state index contributed by atoms with van der Waals surface area (Å²) < 4.78 is 40.0. The lowest BCUT2D eigenvalue weighted by Gasteiger charge is -2.17. The first-order valence-corrected chi connectivity index (χ1v) is 8.15. The van der Waals surface area contributed by atoms with Crippen LogP contribution in [0.2, 0.25) is 0 Å². The van der Waals surface area contributed by atoms with Gasteiger partial charge in [-0.3, -0.25) is 4.79 Å². The Labute approximate surface area is 151 Å². The van der Waals surface area contributed by atoms with Crippen molar-refractivity contribution < 1.29 is 18.0 Å². The van der Waals surface area contributed by atoms with Gasteiger partial charge < -0.3 is 5.32 Å². The Bertz CT molecular complexity index is 1040. The van der Waals surface area contributed by atoms with Crippen LogP contribution in [-0.2, 0) is 16.5 Å². The van der Waals surface area contributed by atoms with E-state index in [4.69, 9.17) is 0 Å². The second-order valence-electron chi connectivity index (χ2n) is 6.35. The van der Waals surface area contributed by atoms with E-state index in [1.165, 1.54) is 29.1 Å². The predicted molar refractivity (Wildman–Crippen MR) is 90.5 cm³/mol. The van der Waals surface area contributed by atoms with Crippen LogP contribution in [0.3, 0.4) is 0 Å². The lowest BCUT2D eigenvalue weighted by atomic mass is 10.1. The number of carbonyl (C=O) groups is 1. The lowest BCUT2D eigenvalue weighted by molar-refractivity contribution is -0.137. The van der Waals surface area contributed by atoms with Gasteiger partial charge in [-0.2, -0.15) is 18.3 Å². The minimum Gasteiger partial charge on any atom is -0.341 e. The number of alkyl halides is 3. The average molecular weight is 373 g/mol. The van der Waals surface area contributed by atoms with Crippen LogP contribution in [0.15, 0.2) is 49.4 Å². The van der Waals surface area contributed by atoms with Crippen molar-refractivity contribution >= 4 is 11.6 Å². The Hall–Kier alpha value is -3.23. The van der Waals surface area contributed by atoms with E-state index in [2.05, 4.69) is 27.0 Å². The quantitative estimate of drug-likeness (QED) is 0.714. The Morgan fingerprint density at radius 3 is 2.56 bits per heavy atom. The van der Waals surface area contributed by atoms with Gasteiger partial charge in [0.15, 0.2) is 5.65 Å². The van der Waals surface area contributed by atoms with Crippen molar-refractivity contribution in [2.24, 2.45) is 0 Å². The zero-order valence-corrected chi connectivity index (χ0v) is 14.0. The number of nitrogens with zero attached hydrogens (tertiary/aromatic N) is 4. The van der Waals surface area contributed by atoms with E-state index < -0.39 is 17.3 Å². The minimum atomic E-state index is -4.41. The molecule has 2 aromatic heterocycles. The SMILES string of the molecule is C=CC(=O)NC1(c2cn3ncnc3c(-c3ccc(C(F)(F)F)cc3)n2)CC1.